The molecule has 0 bridgehead atoms. The van der Waals surface area contributed by atoms with E-state index in [0.717, 1.165) is 0 Å². The Morgan fingerprint density at radius 2 is 2.06 bits per heavy atom. The van der Waals surface area contributed by atoms with Crippen LogP contribution in [-0.4, -0.2) is 11.7 Å². The van der Waals surface area contributed by atoms with E-state index in [1.807, 2.05) is 0 Å². The first kappa shape index (κ1) is 12.8. The van der Waals surface area contributed by atoms with Gasteiger partial charge in [0, 0.05) is 4.90 Å². The molecular weight excluding hydrogens is 229 g/mol. The number of rotatable bonds is 1. The van der Waals surface area contributed by atoms with E-state index < -0.39 is 17.5 Å². The number of anilines is 1. The minimum Gasteiger partial charge on any atom is -0.444 e. The molecule has 0 heterocycles. The summed E-state index contributed by atoms with van der Waals surface area (Å²) in [6, 6.07) is 4.23. The summed E-state index contributed by atoms with van der Waals surface area (Å²) < 4.78 is 18.3. The number of carbonyl (C=O) groups excluding carboxylic acids is 1. The van der Waals surface area contributed by atoms with Crippen molar-refractivity contribution < 1.29 is 13.9 Å². The average Bonchev–Trinajstić information content (AvgIpc) is 2.06. The standard InChI is InChI=1S/C11H14FNO2S/c1-11(2,3)15-10(14)13-9-5-4-7(16)6-8(9)12/h4-6,16H,1-3H3,(H,13,14). The highest BCUT2D eigenvalue weighted by Crippen LogP contribution is 2.18. The lowest BCUT2D eigenvalue weighted by Gasteiger charge is -2.19. The number of hydrogen-bond donors (Lipinski definition) is 2. The fourth-order valence-electron chi connectivity index (χ4n) is 1.02. The molecule has 0 aliphatic heterocycles. The van der Waals surface area contributed by atoms with Gasteiger partial charge in [-0.2, -0.15) is 0 Å². The highest BCUT2D eigenvalue weighted by molar-refractivity contribution is 7.80. The number of benzene rings is 1. The molecule has 0 aliphatic carbocycles. The van der Waals surface area contributed by atoms with Crippen LogP contribution in [-0.2, 0) is 4.74 Å². The van der Waals surface area contributed by atoms with Crippen LogP contribution in [0.5, 0.6) is 0 Å². The van der Waals surface area contributed by atoms with E-state index in [9.17, 15) is 9.18 Å². The average molecular weight is 243 g/mol. The predicted molar refractivity (Wildman–Crippen MR) is 63.5 cm³/mol. The minimum absolute atomic E-state index is 0.0760. The maximum atomic E-state index is 13.3. The number of ether oxygens (including phenoxy) is 1. The first-order chi connectivity index (χ1) is 7.28. The van der Waals surface area contributed by atoms with Crippen LogP contribution in [0.3, 0.4) is 0 Å². The number of amides is 1. The van der Waals surface area contributed by atoms with Crippen molar-refractivity contribution in [2.75, 3.05) is 5.32 Å². The quantitative estimate of drug-likeness (QED) is 0.741. The van der Waals surface area contributed by atoms with Crippen molar-refractivity contribution >= 4 is 24.4 Å². The second-order valence-corrected chi connectivity index (χ2v) is 4.81. The van der Waals surface area contributed by atoms with Gasteiger partial charge in [0.2, 0.25) is 0 Å². The maximum Gasteiger partial charge on any atom is 0.412 e. The van der Waals surface area contributed by atoms with Gasteiger partial charge in [-0.1, -0.05) is 0 Å². The third kappa shape index (κ3) is 4.10. The molecule has 0 radical (unpaired) electrons. The first-order valence-electron chi connectivity index (χ1n) is 4.76. The zero-order valence-electron chi connectivity index (χ0n) is 9.37. The second kappa shape index (κ2) is 4.74. The van der Waals surface area contributed by atoms with E-state index in [-0.39, 0.29) is 5.69 Å². The molecule has 0 atom stereocenters. The van der Waals surface area contributed by atoms with Gasteiger partial charge >= 0.3 is 6.09 Å². The van der Waals surface area contributed by atoms with Crippen LogP contribution in [0.2, 0.25) is 0 Å². The van der Waals surface area contributed by atoms with Crippen molar-refractivity contribution in [3.63, 3.8) is 0 Å². The third-order valence-electron chi connectivity index (χ3n) is 1.59. The molecule has 1 rings (SSSR count). The van der Waals surface area contributed by atoms with E-state index >= 15 is 0 Å². The van der Waals surface area contributed by atoms with Crippen LogP contribution in [0.15, 0.2) is 23.1 Å². The molecule has 0 fully saturated rings. The van der Waals surface area contributed by atoms with Crippen LogP contribution < -0.4 is 5.32 Å². The number of carbonyl (C=O) groups is 1. The highest BCUT2D eigenvalue weighted by atomic mass is 32.1. The zero-order chi connectivity index (χ0) is 12.3. The summed E-state index contributed by atoms with van der Waals surface area (Å²) in [6.07, 6.45) is -0.682. The molecule has 1 aromatic rings. The SMILES string of the molecule is CC(C)(C)OC(=O)Nc1ccc(S)cc1F. The summed E-state index contributed by atoms with van der Waals surface area (Å²) in [5, 5.41) is 2.32. The van der Waals surface area contributed by atoms with Crippen LogP contribution >= 0.6 is 12.6 Å². The largest absolute Gasteiger partial charge is 0.444 e. The molecule has 1 N–H and O–H groups in total. The topological polar surface area (TPSA) is 38.3 Å². The van der Waals surface area contributed by atoms with Gasteiger partial charge in [0.1, 0.15) is 11.4 Å². The minimum atomic E-state index is -0.682. The van der Waals surface area contributed by atoms with Crippen LogP contribution in [0.25, 0.3) is 0 Å². The Labute approximate surface area is 99.4 Å². The Morgan fingerprint density at radius 3 is 2.56 bits per heavy atom. The van der Waals surface area contributed by atoms with Crippen LogP contribution in [0.1, 0.15) is 20.8 Å². The van der Waals surface area contributed by atoms with Gasteiger partial charge in [-0.25, -0.2) is 9.18 Å². The fourth-order valence-corrected chi connectivity index (χ4v) is 1.21. The summed E-state index contributed by atoms with van der Waals surface area (Å²) >= 11 is 3.98. The molecule has 0 spiro atoms. The summed E-state index contributed by atoms with van der Waals surface area (Å²) in [5.74, 6) is -0.543. The van der Waals surface area contributed by atoms with E-state index in [0.29, 0.717) is 4.90 Å². The number of halogens is 1. The van der Waals surface area contributed by atoms with Crippen LogP contribution in [0, 0.1) is 5.82 Å². The monoisotopic (exact) mass is 243 g/mol. The van der Waals surface area contributed by atoms with Gasteiger partial charge in [-0.3, -0.25) is 5.32 Å². The predicted octanol–water partition coefficient (Wildman–Crippen LogP) is 3.46. The smallest absolute Gasteiger partial charge is 0.412 e. The van der Waals surface area contributed by atoms with E-state index in [4.69, 9.17) is 4.74 Å². The van der Waals surface area contributed by atoms with Gasteiger partial charge in [-0.05, 0) is 39.0 Å². The van der Waals surface area contributed by atoms with Crippen molar-refractivity contribution in [3.8, 4) is 0 Å². The van der Waals surface area contributed by atoms with E-state index in [1.54, 1.807) is 26.8 Å². The Bertz CT molecular complexity index is 401. The van der Waals surface area contributed by atoms with E-state index in [2.05, 4.69) is 17.9 Å². The lowest BCUT2D eigenvalue weighted by Crippen LogP contribution is -2.27. The summed E-state index contributed by atoms with van der Waals surface area (Å²) in [7, 11) is 0. The lowest BCUT2D eigenvalue weighted by molar-refractivity contribution is 0.0635. The Morgan fingerprint density at radius 1 is 1.44 bits per heavy atom. The summed E-state index contributed by atoms with van der Waals surface area (Å²) in [5.41, 5.74) is -0.531. The van der Waals surface area contributed by atoms with Crippen LogP contribution in [0.4, 0.5) is 14.9 Å². The molecule has 1 aromatic carbocycles. The first-order valence-corrected chi connectivity index (χ1v) is 5.21. The van der Waals surface area contributed by atoms with Crippen molar-refractivity contribution in [1.29, 1.82) is 0 Å². The zero-order valence-corrected chi connectivity index (χ0v) is 10.3. The van der Waals surface area contributed by atoms with Crippen molar-refractivity contribution in [2.24, 2.45) is 0 Å². The summed E-state index contributed by atoms with van der Waals surface area (Å²) in [4.78, 5) is 11.8. The molecule has 3 nitrogen and oxygen atoms in total. The molecule has 16 heavy (non-hydrogen) atoms. The molecule has 0 saturated carbocycles. The number of thiol groups is 1. The van der Waals surface area contributed by atoms with Crippen molar-refractivity contribution in [3.05, 3.63) is 24.0 Å². The van der Waals surface area contributed by atoms with E-state index in [1.165, 1.54) is 12.1 Å². The fraction of sp³-hybridized carbons (Fsp3) is 0.364. The van der Waals surface area contributed by atoms with Gasteiger partial charge in [0.25, 0.3) is 0 Å². The molecule has 0 unspecified atom stereocenters. The number of nitrogens with one attached hydrogen (secondary N) is 1. The molecule has 0 aromatic heterocycles. The lowest BCUT2D eigenvalue weighted by atomic mass is 10.2. The molecule has 0 aliphatic rings. The third-order valence-corrected chi connectivity index (χ3v) is 1.87. The number of hydrogen-bond acceptors (Lipinski definition) is 3. The van der Waals surface area contributed by atoms with Crippen molar-refractivity contribution in [1.82, 2.24) is 0 Å². The molecule has 0 saturated heterocycles. The molecule has 1 amide bonds. The van der Waals surface area contributed by atoms with Gasteiger partial charge in [0.05, 0.1) is 5.69 Å². The summed E-state index contributed by atoms with van der Waals surface area (Å²) in [6.45, 7) is 5.21. The Kier molecular flexibility index (Phi) is 3.80. The molecule has 5 heteroatoms. The van der Waals surface area contributed by atoms with Crippen molar-refractivity contribution in [2.45, 2.75) is 31.3 Å². The van der Waals surface area contributed by atoms with Gasteiger partial charge in [-0.15, -0.1) is 12.6 Å². The van der Waals surface area contributed by atoms with Gasteiger partial charge < -0.3 is 4.74 Å². The van der Waals surface area contributed by atoms with Gasteiger partial charge in [0.15, 0.2) is 0 Å². The molecular formula is C11H14FNO2S. The highest BCUT2D eigenvalue weighted by Gasteiger charge is 2.17. The Hall–Kier alpha value is -1.23. The second-order valence-electron chi connectivity index (χ2n) is 4.29. The molecule has 88 valence electrons. The maximum absolute atomic E-state index is 13.3. The normalized spacial score (nSPS) is 11.1. The Balaban J connectivity index is 2.70.